The van der Waals surface area contributed by atoms with Crippen LogP contribution in [-0.4, -0.2) is 9.38 Å². The standard InChI is InChI=1S/C16H12N2S/c1-11-6-7-15(19-11)14-10-18-9-8-12-4-2-3-5-13(12)16(18)17-14/h2-10H,1H3. The highest BCUT2D eigenvalue weighted by Gasteiger charge is 2.08. The summed E-state index contributed by atoms with van der Waals surface area (Å²) in [6.45, 7) is 2.12. The van der Waals surface area contributed by atoms with E-state index in [0.29, 0.717) is 0 Å². The molecule has 1 aromatic carbocycles. The van der Waals surface area contributed by atoms with Gasteiger partial charge in [0.25, 0.3) is 0 Å². The van der Waals surface area contributed by atoms with Crippen LogP contribution in [0.2, 0.25) is 0 Å². The third-order valence-corrected chi connectivity index (χ3v) is 4.36. The van der Waals surface area contributed by atoms with Gasteiger partial charge in [-0.05, 0) is 30.5 Å². The smallest absolute Gasteiger partial charge is 0.145 e. The van der Waals surface area contributed by atoms with Crippen LogP contribution in [0.4, 0.5) is 0 Å². The van der Waals surface area contributed by atoms with Crippen molar-refractivity contribution in [3.8, 4) is 10.6 Å². The molecule has 0 N–H and O–H groups in total. The van der Waals surface area contributed by atoms with Crippen LogP contribution in [0.25, 0.3) is 27.0 Å². The van der Waals surface area contributed by atoms with Gasteiger partial charge in [-0.1, -0.05) is 24.3 Å². The molecular formula is C16H12N2S. The van der Waals surface area contributed by atoms with Crippen LogP contribution in [0, 0.1) is 6.92 Å². The quantitative estimate of drug-likeness (QED) is 0.494. The minimum absolute atomic E-state index is 1.03. The van der Waals surface area contributed by atoms with Gasteiger partial charge in [0.2, 0.25) is 0 Å². The minimum atomic E-state index is 1.03. The first kappa shape index (κ1) is 10.8. The molecule has 0 aliphatic carbocycles. The summed E-state index contributed by atoms with van der Waals surface area (Å²) in [6, 6.07) is 14.8. The molecule has 3 heteroatoms. The number of aromatic nitrogens is 2. The van der Waals surface area contributed by atoms with Crippen molar-refractivity contribution in [2.45, 2.75) is 6.92 Å². The summed E-state index contributed by atoms with van der Waals surface area (Å²) in [4.78, 5) is 7.34. The molecule has 0 amide bonds. The molecule has 0 saturated heterocycles. The van der Waals surface area contributed by atoms with E-state index in [1.165, 1.54) is 20.5 Å². The maximum Gasteiger partial charge on any atom is 0.145 e. The number of aryl methyl sites for hydroxylation is 1. The average molecular weight is 264 g/mol. The summed E-state index contributed by atoms with van der Waals surface area (Å²) in [5.74, 6) is 0. The first-order chi connectivity index (χ1) is 9.31. The Hall–Kier alpha value is -2.13. The molecule has 0 aliphatic rings. The fraction of sp³-hybridized carbons (Fsp3) is 0.0625. The zero-order valence-corrected chi connectivity index (χ0v) is 11.3. The molecule has 19 heavy (non-hydrogen) atoms. The van der Waals surface area contributed by atoms with E-state index in [4.69, 9.17) is 4.98 Å². The normalized spacial score (nSPS) is 11.4. The van der Waals surface area contributed by atoms with Crippen LogP contribution in [0.15, 0.2) is 54.9 Å². The zero-order chi connectivity index (χ0) is 12.8. The molecule has 2 nitrogen and oxygen atoms in total. The average Bonchev–Trinajstić information content (AvgIpc) is 3.04. The van der Waals surface area contributed by atoms with Gasteiger partial charge in [-0.15, -0.1) is 11.3 Å². The van der Waals surface area contributed by atoms with Crippen LogP contribution < -0.4 is 0 Å². The third-order valence-electron chi connectivity index (χ3n) is 3.34. The molecule has 0 fully saturated rings. The predicted molar refractivity (Wildman–Crippen MR) is 80.7 cm³/mol. The maximum atomic E-state index is 4.80. The van der Waals surface area contributed by atoms with Crippen molar-refractivity contribution in [1.29, 1.82) is 0 Å². The molecule has 0 unspecified atom stereocenters. The number of nitrogens with zero attached hydrogens (tertiary/aromatic N) is 2. The van der Waals surface area contributed by atoms with Gasteiger partial charge in [0.05, 0.1) is 10.6 Å². The number of pyridine rings is 1. The maximum absolute atomic E-state index is 4.80. The van der Waals surface area contributed by atoms with Gasteiger partial charge in [0.1, 0.15) is 5.65 Å². The molecular weight excluding hydrogens is 252 g/mol. The highest BCUT2D eigenvalue weighted by atomic mass is 32.1. The van der Waals surface area contributed by atoms with Gasteiger partial charge < -0.3 is 4.40 Å². The number of imidazole rings is 1. The van der Waals surface area contributed by atoms with Gasteiger partial charge in [0, 0.05) is 22.7 Å². The Bertz CT molecular complexity index is 886. The Morgan fingerprint density at radius 1 is 1.05 bits per heavy atom. The highest BCUT2D eigenvalue weighted by molar-refractivity contribution is 7.15. The summed E-state index contributed by atoms with van der Waals surface area (Å²) in [5, 5.41) is 2.43. The highest BCUT2D eigenvalue weighted by Crippen LogP contribution is 2.29. The van der Waals surface area contributed by atoms with Crippen molar-refractivity contribution in [3.05, 3.63) is 59.7 Å². The van der Waals surface area contributed by atoms with Crippen molar-refractivity contribution in [3.63, 3.8) is 0 Å². The SMILES string of the molecule is Cc1ccc(-c2cn3ccc4ccccc4c3n2)s1. The van der Waals surface area contributed by atoms with E-state index in [-0.39, 0.29) is 0 Å². The summed E-state index contributed by atoms with van der Waals surface area (Å²) in [7, 11) is 0. The Labute approximate surface area is 115 Å². The molecule has 92 valence electrons. The lowest BCUT2D eigenvalue weighted by Gasteiger charge is -1.98. The fourth-order valence-corrected chi connectivity index (χ4v) is 3.23. The van der Waals surface area contributed by atoms with E-state index in [1.807, 2.05) is 0 Å². The van der Waals surface area contributed by atoms with Crippen molar-refractivity contribution in [1.82, 2.24) is 9.38 Å². The van der Waals surface area contributed by atoms with Crippen LogP contribution >= 0.6 is 11.3 Å². The van der Waals surface area contributed by atoms with E-state index in [2.05, 4.69) is 66.2 Å². The lowest BCUT2D eigenvalue weighted by molar-refractivity contribution is 1.20. The number of rotatable bonds is 1. The van der Waals surface area contributed by atoms with Crippen molar-refractivity contribution >= 4 is 27.8 Å². The molecule has 0 aliphatic heterocycles. The first-order valence-electron chi connectivity index (χ1n) is 6.24. The van der Waals surface area contributed by atoms with E-state index >= 15 is 0 Å². The summed E-state index contributed by atoms with van der Waals surface area (Å²) >= 11 is 1.79. The predicted octanol–water partition coefficient (Wildman–Crippen LogP) is 4.52. The Morgan fingerprint density at radius 3 is 2.79 bits per heavy atom. The van der Waals surface area contributed by atoms with Gasteiger partial charge in [-0.3, -0.25) is 0 Å². The summed E-state index contributed by atoms with van der Waals surface area (Å²) in [5.41, 5.74) is 2.08. The second-order valence-corrected chi connectivity index (χ2v) is 5.96. The third kappa shape index (κ3) is 1.66. The lowest BCUT2D eigenvalue weighted by Crippen LogP contribution is -1.83. The molecule has 4 rings (SSSR count). The van der Waals surface area contributed by atoms with Crippen LogP contribution in [0.5, 0.6) is 0 Å². The van der Waals surface area contributed by atoms with Crippen LogP contribution in [-0.2, 0) is 0 Å². The van der Waals surface area contributed by atoms with E-state index in [9.17, 15) is 0 Å². The summed E-state index contributed by atoms with van der Waals surface area (Å²) in [6.07, 6.45) is 4.18. The second kappa shape index (κ2) is 3.93. The Kier molecular flexibility index (Phi) is 2.23. The largest absolute Gasteiger partial charge is 0.306 e. The molecule has 3 heterocycles. The molecule has 0 radical (unpaired) electrons. The zero-order valence-electron chi connectivity index (χ0n) is 10.5. The molecule has 0 spiro atoms. The monoisotopic (exact) mass is 264 g/mol. The topological polar surface area (TPSA) is 17.3 Å². The molecule has 4 aromatic rings. The first-order valence-corrected chi connectivity index (χ1v) is 7.06. The molecule has 3 aromatic heterocycles. The number of benzene rings is 1. The summed E-state index contributed by atoms with van der Waals surface area (Å²) < 4.78 is 2.10. The number of thiophene rings is 1. The van der Waals surface area contributed by atoms with Gasteiger partial charge >= 0.3 is 0 Å². The lowest BCUT2D eigenvalue weighted by atomic mass is 10.2. The van der Waals surface area contributed by atoms with Gasteiger partial charge in [0.15, 0.2) is 0 Å². The van der Waals surface area contributed by atoms with Gasteiger partial charge in [-0.25, -0.2) is 4.98 Å². The van der Waals surface area contributed by atoms with Crippen molar-refractivity contribution < 1.29 is 0 Å². The van der Waals surface area contributed by atoms with E-state index < -0.39 is 0 Å². The van der Waals surface area contributed by atoms with E-state index in [1.54, 1.807) is 11.3 Å². The van der Waals surface area contributed by atoms with Crippen LogP contribution in [0.1, 0.15) is 4.88 Å². The van der Waals surface area contributed by atoms with E-state index in [0.717, 1.165) is 11.3 Å². The van der Waals surface area contributed by atoms with Gasteiger partial charge in [-0.2, -0.15) is 0 Å². The second-order valence-electron chi connectivity index (χ2n) is 4.67. The van der Waals surface area contributed by atoms with Crippen molar-refractivity contribution in [2.24, 2.45) is 0 Å². The molecule has 0 saturated carbocycles. The fourth-order valence-electron chi connectivity index (χ4n) is 2.40. The minimum Gasteiger partial charge on any atom is -0.306 e. The molecule has 0 atom stereocenters. The Morgan fingerprint density at radius 2 is 1.95 bits per heavy atom. The number of hydrogen-bond acceptors (Lipinski definition) is 2. The Balaban J connectivity index is 2.03. The number of fused-ring (bicyclic) bond motifs is 3. The molecule has 0 bridgehead atoms. The number of hydrogen-bond donors (Lipinski definition) is 0. The van der Waals surface area contributed by atoms with Crippen molar-refractivity contribution in [2.75, 3.05) is 0 Å². The van der Waals surface area contributed by atoms with Crippen LogP contribution in [0.3, 0.4) is 0 Å².